The van der Waals surface area contributed by atoms with E-state index in [1.807, 2.05) is 0 Å². The number of imidazole rings is 1. The van der Waals surface area contributed by atoms with Crippen LogP contribution in [0.4, 0.5) is 13.2 Å². The molecule has 1 saturated carbocycles. The molecule has 1 aromatic carbocycles. The van der Waals surface area contributed by atoms with E-state index in [0.29, 0.717) is 24.2 Å². The third kappa shape index (κ3) is 3.51. The average Bonchev–Trinajstić information content (AvgIpc) is 3.39. The summed E-state index contributed by atoms with van der Waals surface area (Å²) in [6, 6.07) is 4.00. The van der Waals surface area contributed by atoms with Gasteiger partial charge >= 0.3 is 0 Å². The summed E-state index contributed by atoms with van der Waals surface area (Å²) in [6.07, 6.45) is 4.41. The Labute approximate surface area is 175 Å². The van der Waals surface area contributed by atoms with Gasteiger partial charge in [-0.3, -0.25) is 14.0 Å². The smallest absolute Gasteiger partial charge is 0.277 e. The fourth-order valence-electron chi connectivity index (χ4n) is 4.13. The van der Waals surface area contributed by atoms with Crippen molar-refractivity contribution < 1.29 is 18.0 Å². The number of carbonyl (C=O) groups excluding carboxylic acids is 1. The molecule has 3 heterocycles. The first-order chi connectivity index (χ1) is 15.0. The number of halogens is 3. The van der Waals surface area contributed by atoms with Gasteiger partial charge in [-0.1, -0.05) is 0 Å². The van der Waals surface area contributed by atoms with Crippen molar-refractivity contribution in [3.63, 3.8) is 0 Å². The second-order valence-electron chi connectivity index (χ2n) is 8.21. The van der Waals surface area contributed by atoms with Gasteiger partial charge in [-0.2, -0.15) is 0 Å². The Morgan fingerprint density at radius 2 is 2.00 bits per heavy atom. The lowest BCUT2D eigenvalue weighted by atomic mass is 10.1. The summed E-state index contributed by atoms with van der Waals surface area (Å²) in [7, 11) is 0. The third-order valence-corrected chi connectivity index (χ3v) is 5.99. The Morgan fingerprint density at radius 1 is 1.19 bits per heavy atom. The number of hydrogen-bond donors (Lipinski definition) is 0. The molecule has 2 aliphatic rings. The van der Waals surface area contributed by atoms with Crippen molar-refractivity contribution in [3.8, 4) is 11.3 Å². The Kier molecular flexibility index (Phi) is 4.83. The number of hydrogen-bond acceptors (Lipinski definition) is 3. The molecule has 0 bridgehead atoms. The lowest BCUT2D eigenvalue weighted by molar-refractivity contribution is -0.131. The second kappa shape index (κ2) is 7.55. The summed E-state index contributed by atoms with van der Waals surface area (Å²) in [6.45, 7) is -0.792. The molecule has 1 aliphatic carbocycles. The van der Waals surface area contributed by atoms with Crippen molar-refractivity contribution in [2.45, 2.75) is 44.6 Å². The fraction of sp³-hybridized carbons (Fsp3) is 0.409. The number of amides is 1. The largest absolute Gasteiger partial charge is 0.338 e. The lowest BCUT2D eigenvalue weighted by Crippen LogP contribution is -2.35. The highest BCUT2D eigenvalue weighted by Crippen LogP contribution is 2.41. The molecule has 6 nitrogen and oxygen atoms in total. The molecule has 1 unspecified atom stereocenters. The van der Waals surface area contributed by atoms with Crippen LogP contribution in [-0.4, -0.2) is 44.0 Å². The molecule has 0 spiro atoms. The average molecular weight is 430 g/mol. The van der Waals surface area contributed by atoms with Crippen molar-refractivity contribution in [3.05, 3.63) is 58.2 Å². The van der Waals surface area contributed by atoms with Gasteiger partial charge in [-0.15, -0.1) is 0 Å². The van der Waals surface area contributed by atoms with Gasteiger partial charge < -0.3 is 9.47 Å². The minimum Gasteiger partial charge on any atom is -0.338 e. The highest BCUT2D eigenvalue weighted by atomic mass is 19.1. The van der Waals surface area contributed by atoms with Crippen molar-refractivity contribution >= 4 is 11.4 Å². The van der Waals surface area contributed by atoms with E-state index in [2.05, 4.69) is 4.98 Å². The van der Waals surface area contributed by atoms with Crippen molar-refractivity contribution in [2.75, 3.05) is 13.1 Å². The topological polar surface area (TPSA) is 59.6 Å². The molecule has 0 radical (unpaired) electrons. The molecule has 1 saturated heterocycles. The van der Waals surface area contributed by atoms with E-state index in [4.69, 9.17) is 0 Å². The van der Waals surface area contributed by atoms with E-state index in [1.54, 1.807) is 10.6 Å². The van der Waals surface area contributed by atoms with Crippen LogP contribution in [0.3, 0.4) is 0 Å². The predicted octanol–water partition coefficient (Wildman–Crippen LogP) is 3.22. The number of aromatic nitrogens is 3. The maximum Gasteiger partial charge on any atom is 0.277 e. The summed E-state index contributed by atoms with van der Waals surface area (Å²) in [5.41, 5.74) is 0.520. The van der Waals surface area contributed by atoms with Gasteiger partial charge in [0, 0.05) is 36.0 Å². The van der Waals surface area contributed by atoms with Crippen LogP contribution in [0.25, 0.3) is 16.8 Å². The van der Waals surface area contributed by atoms with E-state index >= 15 is 0 Å². The Hall–Kier alpha value is -3.10. The zero-order valence-electron chi connectivity index (χ0n) is 16.7. The Morgan fingerprint density at radius 3 is 2.68 bits per heavy atom. The number of nitrogens with zero attached hydrogens (tertiary/aromatic N) is 4. The standard InChI is InChI=1S/C22H21F3N4O2/c23-10-15-9-14(3-4-17(15)25)19-20-22(31)28(12-18(30)27-6-5-16(24)11-27)7-8-29(20)21(26-19)13-1-2-13/h3-4,7-9,13,16H,1-2,5-6,10-12H2. The van der Waals surface area contributed by atoms with Crippen LogP contribution in [-0.2, 0) is 18.0 Å². The van der Waals surface area contributed by atoms with Gasteiger partial charge in [-0.05, 0) is 37.5 Å². The maximum atomic E-state index is 13.8. The van der Waals surface area contributed by atoms with Crippen LogP contribution in [0.15, 0.2) is 35.4 Å². The molecule has 0 N–H and O–H groups in total. The molecular weight excluding hydrogens is 409 g/mol. The van der Waals surface area contributed by atoms with Crippen molar-refractivity contribution in [1.29, 1.82) is 0 Å². The first kappa shape index (κ1) is 19.8. The zero-order valence-corrected chi connectivity index (χ0v) is 16.7. The maximum absolute atomic E-state index is 13.8. The van der Waals surface area contributed by atoms with Crippen LogP contribution >= 0.6 is 0 Å². The molecule has 1 amide bonds. The van der Waals surface area contributed by atoms with Gasteiger partial charge in [0.2, 0.25) is 5.91 Å². The molecular formula is C22H21F3N4O2. The van der Waals surface area contributed by atoms with Gasteiger partial charge in [0.15, 0.2) is 0 Å². The summed E-state index contributed by atoms with van der Waals surface area (Å²) in [4.78, 5) is 31.9. The molecule has 31 heavy (non-hydrogen) atoms. The van der Waals surface area contributed by atoms with E-state index in [9.17, 15) is 22.8 Å². The van der Waals surface area contributed by atoms with Gasteiger partial charge in [-0.25, -0.2) is 18.2 Å². The van der Waals surface area contributed by atoms with Crippen molar-refractivity contribution in [2.24, 2.45) is 0 Å². The third-order valence-electron chi connectivity index (χ3n) is 5.99. The number of fused-ring (bicyclic) bond motifs is 1. The first-order valence-electron chi connectivity index (χ1n) is 10.3. The van der Waals surface area contributed by atoms with Crippen molar-refractivity contribution in [1.82, 2.24) is 18.9 Å². The zero-order chi connectivity index (χ0) is 21.7. The summed E-state index contributed by atoms with van der Waals surface area (Å²) < 4.78 is 43.4. The molecule has 1 aliphatic heterocycles. The molecule has 3 aromatic rings. The SMILES string of the molecule is O=C(Cn1ccn2c(C3CC3)nc(-c3ccc(F)c(CF)c3)c2c1=O)N1CCC(F)C1. The summed E-state index contributed by atoms with van der Waals surface area (Å²) in [5, 5.41) is 0. The molecule has 162 valence electrons. The van der Waals surface area contributed by atoms with Crippen LogP contribution in [0.5, 0.6) is 0 Å². The molecule has 2 fully saturated rings. The Bertz CT molecular complexity index is 1230. The van der Waals surface area contributed by atoms with Crippen LogP contribution in [0, 0.1) is 5.82 Å². The quantitative estimate of drug-likeness (QED) is 0.625. The van der Waals surface area contributed by atoms with E-state index in [0.717, 1.165) is 24.7 Å². The number of benzene rings is 1. The molecule has 2 aromatic heterocycles. The summed E-state index contributed by atoms with van der Waals surface area (Å²) >= 11 is 0. The number of likely N-dealkylation sites (tertiary alicyclic amines) is 1. The van der Waals surface area contributed by atoms with Gasteiger partial charge in [0.1, 0.15) is 42.2 Å². The molecule has 9 heteroatoms. The minimum absolute atomic E-state index is 0.0428. The highest BCUT2D eigenvalue weighted by molar-refractivity contribution is 5.79. The van der Waals surface area contributed by atoms with E-state index in [1.165, 1.54) is 27.8 Å². The molecule has 5 rings (SSSR count). The second-order valence-corrected chi connectivity index (χ2v) is 8.21. The first-order valence-corrected chi connectivity index (χ1v) is 10.3. The lowest BCUT2D eigenvalue weighted by Gasteiger charge is -2.16. The molecule has 1 atom stereocenters. The fourth-order valence-corrected chi connectivity index (χ4v) is 4.13. The monoisotopic (exact) mass is 430 g/mol. The highest BCUT2D eigenvalue weighted by Gasteiger charge is 2.31. The number of carbonyl (C=O) groups is 1. The van der Waals surface area contributed by atoms with Gasteiger partial charge in [0.25, 0.3) is 5.56 Å². The van der Waals surface area contributed by atoms with E-state index in [-0.39, 0.29) is 36.0 Å². The number of rotatable bonds is 5. The normalized spacial score (nSPS) is 18.8. The Balaban J connectivity index is 1.60. The minimum atomic E-state index is -1.03. The van der Waals surface area contributed by atoms with Crippen LogP contribution < -0.4 is 5.56 Å². The van der Waals surface area contributed by atoms with E-state index < -0.39 is 24.2 Å². The predicted molar refractivity (Wildman–Crippen MR) is 108 cm³/mol. The summed E-state index contributed by atoms with van der Waals surface area (Å²) in [5.74, 6) is -0.0228. The van der Waals surface area contributed by atoms with Gasteiger partial charge in [0.05, 0.1) is 6.54 Å². The number of alkyl halides is 2. The van der Waals surface area contributed by atoms with Crippen LogP contribution in [0.2, 0.25) is 0 Å². The van der Waals surface area contributed by atoms with Crippen LogP contribution in [0.1, 0.15) is 36.6 Å².